The quantitative estimate of drug-likeness (QED) is 0.383. The Balaban J connectivity index is 0. The van der Waals surface area contributed by atoms with Crippen molar-refractivity contribution >= 4 is 40.5 Å². The van der Waals surface area contributed by atoms with Crippen LogP contribution in [-0.4, -0.2) is 0 Å². The minimum absolute atomic E-state index is 0. The standard InChI is InChI=1S/Li.Mo.3H2S.H/h;;3*1H2;/q+1;;;;;-1. The molecule has 0 amide bonds. The average Bonchev–Trinajstić information content (AvgIpc) is 0. The van der Waals surface area contributed by atoms with Gasteiger partial charge in [-0.05, 0) is 0 Å². The normalized spacial score (nSPS) is 0. The summed E-state index contributed by atoms with van der Waals surface area (Å²) in [4.78, 5) is 0. The second-order valence-electron chi connectivity index (χ2n) is 0. The molecule has 5 heteroatoms. The Morgan fingerprint density at radius 3 is 0.800 bits per heavy atom. The maximum atomic E-state index is 0. The zero-order valence-electron chi connectivity index (χ0n) is 3.91. The van der Waals surface area contributed by atoms with Crippen molar-refractivity contribution in [3.8, 4) is 0 Å². The van der Waals surface area contributed by atoms with Crippen LogP contribution in [0.4, 0.5) is 0 Å². The maximum Gasteiger partial charge on any atom is 1.00 e. The van der Waals surface area contributed by atoms with Crippen molar-refractivity contribution < 1.29 is 41.4 Å². The van der Waals surface area contributed by atoms with Crippen molar-refractivity contribution in [3.63, 3.8) is 0 Å². The zero-order valence-corrected chi connectivity index (χ0v) is 7.92. The summed E-state index contributed by atoms with van der Waals surface area (Å²) >= 11 is 0. The summed E-state index contributed by atoms with van der Waals surface area (Å²) in [5, 5.41) is 0. The minimum Gasteiger partial charge on any atom is -1.00 e. The van der Waals surface area contributed by atoms with Gasteiger partial charge in [0.2, 0.25) is 0 Å². The smallest absolute Gasteiger partial charge is 1.00 e. The predicted octanol–water partition coefficient (Wildman–Crippen LogP) is -2.55. The van der Waals surface area contributed by atoms with Gasteiger partial charge in [0.05, 0.1) is 0 Å². The summed E-state index contributed by atoms with van der Waals surface area (Å²) in [5.41, 5.74) is 0. The Bertz CT molecular complexity index is 10.8. The molecule has 0 aromatic heterocycles. The third kappa shape index (κ3) is 21.8. The van der Waals surface area contributed by atoms with Crippen LogP contribution in [0.15, 0.2) is 0 Å². The first-order chi connectivity index (χ1) is 0. The van der Waals surface area contributed by atoms with Crippen LogP contribution in [-0.2, 0) is 21.1 Å². The molecule has 0 fully saturated rings. The van der Waals surface area contributed by atoms with E-state index in [1.807, 2.05) is 0 Å². The van der Waals surface area contributed by atoms with Crippen LogP contribution in [0.25, 0.3) is 0 Å². The van der Waals surface area contributed by atoms with E-state index in [1.165, 1.54) is 0 Å². The van der Waals surface area contributed by atoms with E-state index in [1.54, 1.807) is 0 Å². The SMILES string of the molecule is S.S.S.[H-].[Li+].[Mo]. The second kappa shape index (κ2) is 33.1. The van der Waals surface area contributed by atoms with Gasteiger partial charge in [0.15, 0.2) is 0 Å². The fourth-order valence-corrected chi connectivity index (χ4v) is 0. The van der Waals surface area contributed by atoms with Gasteiger partial charge in [-0.15, -0.1) is 0 Å². The fourth-order valence-electron chi connectivity index (χ4n) is 0. The summed E-state index contributed by atoms with van der Waals surface area (Å²) in [6.07, 6.45) is 0. The Kier molecular flexibility index (Phi) is 357. The molecule has 0 N–H and O–H groups in total. The van der Waals surface area contributed by atoms with Crippen LogP contribution in [0.2, 0.25) is 0 Å². The number of rotatable bonds is 0. The molecular weight excluding hydrogens is 199 g/mol. The first kappa shape index (κ1) is 54.0. The molecule has 0 unspecified atom stereocenters. The summed E-state index contributed by atoms with van der Waals surface area (Å²) in [7, 11) is 0. The van der Waals surface area contributed by atoms with Crippen molar-refractivity contribution in [2.45, 2.75) is 0 Å². The Labute approximate surface area is 81.1 Å². The average molecular weight is 206 g/mol. The van der Waals surface area contributed by atoms with E-state index in [9.17, 15) is 0 Å². The van der Waals surface area contributed by atoms with Gasteiger partial charge < -0.3 is 1.43 Å². The van der Waals surface area contributed by atoms with Crippen molar-refractivity contribution in [1.29, 1.82) is 0 Å². The molecule has 0 nitrogen and oxygen atoms in total. The van der Waals surface area contributed by atoms with E-state index in [4.69, 9.17) is 0 Å². The van der Waals surface area contributed by atoms with Gasteiger partial charge in [0.25, 0.3) is 0 Å². The van der Waals surface area contributed by atoms with Gasteiger partial charge in [-0.1, -0.05) is 0 Å². The maximum absolute atomic E-state index is 0. The molecule has 0 heterocycles. The van der Waals surface area contributed by atoms with E-state index in [-0.39, 0.29) is 81.8 Å². The molecule has 0 aromatic carbocycles. The molecule has 0 saturated heterocycles. The largest absolute Gasteiger partial charge is 1.00 e. The molecule has 0 atom stereocenters. The monoisotopic (exact) mass is 208 g/mol. The summed E-state index contributed by atoms with van der Waals surface area (Å²) in [5.74, 6) is 0. The van der Waals surface area contributed by atoms with Crippen LogP contribution < -0.4 is 18.9 Å². The predicted molar refractivity (Wildman–Crippen MR) is 32.3 cm³/mol. The van der Waals surface area contributed by atoms with E-state index < -0.39 is 0 Å². The molecule has 0 saturated carbocycles. The molecule has 0 aliphatic rings. The van der Waals surface area contributed by atoms with Gasteiger partial charge in [-0.2, -0.15) is 40.5 Å². The third-order valence-corrected chi connectivity index (χ3v) is 0. The minimum atomic E-state index is 0. The zero-order chi connectivity index (χ0) is 0. The molecule has 0 spiro atoms. The third-order valence-electron chi connectivity index (χ3n) is 0. The topological polar surface area (TPSA) is 0 Å². The van der Waals surface area contributed by atoms with Crippen molar-refractivity contribution in [2.75, 3.05) is 0 Å². The van der Waals surface area contributed by atoms with Crippen molar-refractivity contribution in [3.05, 3.63) is 0 Å². The molecule has 5 heavy (non-hydrogen) atoms. The number of hydrogen-bond donors (Lipinski definition) is 0. The first-order valence-corrected chi connectivity index (χ1v) is 0. The van der Waals surface area contributed by atoms with E-state index in [0.717, 1.165) is 0 Å². The van der Waals surface area contributed by atoms with Gasteiger partial charge in [-0.3, -0.25) is 0 Å². The Hall–Kier alpha value is 2.34. The molecule has 0 aliphatic heterocycles. The molecule has 0 bridgehead atoms. The summed E-state index contributed by atoms with van der Waals surface area (Å²) < 4.78 is 0. The molecule has 0 aromatic rings. The van der Waals surface area contributed by atoms with E-state index in [2.05, 4.69) is 0 Å². The molecule has 0 rings (SSSR count). The van der Waals surface area contributed by atoms with Crippen LogP contribution in [0.5, 0.6) is 0 Å². The molecule has 0 aliphatic carbocycles. The van der Waals surface area contributed by atoms with Crippen LogP contribution in [0, 0.1) is 0 Å². The molecule has 32 valence electrons. The number of hydrogen-bond acceptors (Lipinski definition) is 0. The van der Waals surface area contributed by atoms with Gasteiger partial charge in [0, 0.05) is 21.1 Å². The first-order valence-electron chi connectivity index (χ1n) is 0. The van der Waals surface area contributed by atoms with E-state index >= 15 is 0 Å². The summed E-state index contributed by atoms with van der Waals surface area (Å²) in [6, 6.07) is 0. The second-order valence-corrected chi connectivity index (χ2v) is 0. The van der Waals surface area contributed by atoms with Crippen molar-refractivity contribution in [2.24, 2.45) is 0 Å². The Morgan fingerprint density at radius 2 is 0.800 bits per heavy atom. The van der Waals surface area contributed by atoms with Gasteiger partial charge in [-0.25, -0.2) is 0 Å². The Morgan fingerprint density at radius 1 is 0.800 bits per heavy atom. The van der Waals surface area contributed by atoms with E-state index in [0.29, 0.717) is 0 Å². The summed E-state index contributed by atoms with van der Waals surface area (Å²) in [6.45, 7) is 0. The van der Waals surface area contributed by atoms with Crippen LogP contribution in [0.1, 0.15) is 1.43 Å². The molecular formula is H7LiMoS3. The van der Waals surface area contributed by atoms with Crippen LogP contribution >= 0.6 is 40.5 Å². The van der Waals surface area contributed by atoms with Crippen molar-refractivity contribution in [1.82, 2.24) is 0 Å². The molecule has 0 radical (unpaired) electrons. The van der Waals surface area contributed by atoms with Gasteiger partial charge >= 0.3 is 18.9 Å². The van der Waals surface area contributed by atoms with Crippen LogP contribution in [0.3, 0.4) is 0 Å². The van der Waals surface area contributed by atoms with Gasteiger partial charge in [0.1, 0.15) is 0 Å². The fraction of sp³-hybridized carbons (Fsp3) is 0.